The quantitative estimate of drug-likeness (QED) is 0.347. The smallest absolute Gasteiger partial charge is 0.191 e. The number of ether oxygens (including phenoxy) is 2. The number of aliphatic hydroxyl groups is 1. The van der Waals surface area contributed by atoms with Crippen LogP contribution >= 0.6 is 0 Å². The normalized spacial score (nSPS) is 17.4. The summed E-state index contributed by atoms with van der Waals surface area (Å²) in [4.78, 5) is 7.13. The van der Waals surface area contributed by atoms with Gasteiger partial charge in [0.05, 0.1) is 32.4 Å². The molecule has 3 N–H and O–H groups in total. The van der Waals surface area contributed by atoms with Crippen LogP contribution in [0.25, 0.3) is 0 Å². The molecule has 1 fully saturated rings. The molecule has 1 heterocycles. The molecular weight excluding hydrogens is 392 g/mol. The lowest BCUT2D eigenvalue weighted by molar-refractivity contribution is 0.0301. The summed E-state index contributed by atoms with van der Waals surface area (Å²) in [6, 6.07) is 8.62. The van der Waals surface area contributed by atoms with Gasteiger partial charge >= 0.3 is 0 Å². The number of hydrogen-bond donors (Lipinski definition) is 3. The van der Waals surface area contributed by atoms with Gasteiger partial charge in [-0.05, 0) is 56.5 Å². The van der Waals surface area contributed by atoms with Gasteiger partial charge in [-0.3, -0.25) is 9.89 Å². The van der Waals surface area contributed by atoms with Crippen LogP contribution in [0.1, 0.15) is 51.6 Å². The summed E-state index contributed by atoms with van der Waals surface area (Å²) < 4.78 is 10.9. The van der Waals surface area contributed by atoms with Gasteiger partial charge in [0.1, 0.15) is 5.75 Å². The number of methoxy groups -OCH3 is 1. The zero-order valence-corrected chi connectivity index (χ0v) is 19.8. The summed E-state index contributed by atoms with van der Waals surface area (Å²) in [5.41, 5.74) is 1.27. The van der Waals surface area contributed by atoms with Crippen molar-refractivity contribution in [3.63, 3.8) is 0 Å². The number of nitrogens with one attached hydrogen (secondary N) is 2. The topological polar surface area (TPSA) is 78.4 Å². The third-order valence-electron chi connectivity index (χ3n) is 5.36. The summed E-state index contributed by atoms with van der Waals surface area (Å²) in [5, 5.41) is 17.0. The summed E-state index contributed by atoms with van der Waals surface area (Å²) in [6.45, 7) is 11.2. The molecule has 2 atom stereocenters. The fraction of sp³-hybridized carbons (Fsp3) is 0.708. The molecule has 0 aromatic heterocycles. The fourth-order valence-corrected chi connectivity index (χ4v) is 3.74. The molecule has 0 saturated carbocycles. The maximum absolute atomic E-state index is 10.2. The van der Waals surface area contributed by atoms with Crippen molar-refractivity contribution in [3.05, 3.63) is 29.8 Å². The van der Waals surface area contributed by atoms with E-state index in [0.717, 1.165) is 37.9 Å². The Hall–Kier alpha value is -1.83. The van der Waals surface area contributed by atoms with Crippen LogP contribution < -0.4 is 15.4 Å². The first-order valence-corrected chi connectivity index (χ1v) is 11.7. The minimum atomic E-state index is -0.603. The Morgan fingerprint density at radius 1 is 1.10 bits per heavy atom. The van der Waals surface area contributed by atoms with Crippen LogP contribution in [0.3, 0.4) is 0 Å². The Morgan fingerprint density at radius 3 is 2.42 bits per heavy atom. The molecule has 7 nitrogen and oxygen atoms in total. The third kappa shape index (κ3) is 9.46. The minimum absolute atomic E-state index is 0.259. The molecule has 1 aliphatic heterocycles. The molecule has 0 radical (unpaired) electrons. The summed E-state index contributed by atoms with van der Waals surface area (Å²) in [7, 11) is 1.69. The van der Waals surface area contributed by atoms with Gasteiger partial charge in [-0.2, -0.15) is 0 Å². The monoisotopic (exact) mass is 434 g/mol. The number of benzene rings is 1. The van der Waals surface area contributed by atoms with Crippen molar-refractivity contribution >= 4 is 5.96 Å². The summed E-state index contributed by atoms with van der Waals surface area (Å²) >= 11 is 0. The van der Waals surface area contributed by atoms with E-state index < -0.39 is 6.10 Å². The van der Waals surface area contributed by atoms with E-state index in [2.05, 4.69) is 46.5 Å². The van der Waals surface area contributed by atoms with Crippen LogP contribution in [-0.4, -0.2) is 75.1 Å². The molecule has 0 spiro atoms. The maximum Gasteiger partial charge on any atom is 0.191 e. The molecule has 31 heavy (non-hydrogen) atoms. The minimum Gasteiger partial charge on any atom is -0.497 e. The van der Waals surface area contributed by atoms with Crippen molar-refractivity contribution < 1.29 is 14.6 Å². The maximum atomic E-state index is 10.2. The number of hydrogen-bond acceptors (Lipinski definition) is 5. The average molecular weight is 435 g/mol. The van der Waals surface area contributed by atoms with Crippen molar-refractivity contribution in [2.75, 3.05) is 53.0 Å². The second-order valence-corrected chi connectivity index (χ2v) is 8.57. The molecule has 0 bridgehead atoms. The van der Waals surface area contributed by atoms with Crippen molar-refractivity contribution in [2.24, 2.45) is 10.9 Å². The average Bonchev–Trinajstić information content (AvgIpc) is 2.78. The molecule has 1 aromatic rings. The van der Waals surface area contributed by atoms with Gasteiger partial charge in [0, 0.05) is 19.7 Å². The van der Waals surface area contributed by atoms with Crippen LogP contribution in [-0.2, 0) is 4.74 Å². The highest BCUT2D eigenvalue weighted by atomic mass is 16.5. The lowest BCUT2D eigenvalue weighted by Crippen LogP contribution is -2.44. The number of aliphatic imine (C=N–C) groups is 1. The van der Waals surface area contributed by atoms with E-state index in [-0.39, 0.29) is 6.04 Å². The highest BCUT2D eigenvalue weighted by Gasteiger charge is 2.22. The Balaban J connectivity index is 1.99. The zero-order valence-electron chi connectivity index (χ0n) is 19.8. The van der Waals surface area contributed by atoms with Crippen LogP contribution in [0.4, 0.5) is 0 Å². The highest BCUT2D eigenvalue weighted by Crippen LogP contribution is 2.25. The lowest BCUT2D eigenvalue weighted by Gasteiger charge is -2.35. The molecule has 2 unspecified atom stereocenters. The van der Waals surface area contributed by atoms with E-state index in [1.54, 1.807) is 7.11 Å². The van der Waals surface area contributed by atoms with Gasteiger partial charge in [-0.1, -0.05) is 32.4 Å². The Bertz CT molecular complexity index is 630. The fourth-order valence-electron chi connectivity index (χ4n) is 3.74. The summed E-state index contributed by atoms with van der Waals surface area (Å²) in [5.74, 6) is 2.05. The van der Waals surface area contributed by atoms with Gasteiger partial charge in [0.2, 0.25) is 0 Å². The molecule has 2 rings (SSSR count). The summed E-state index contributed by atoms with van der Waals surface area (Å²) in [6.07, 6.45) is 3.18. The first kappa shape index (κ1) is 25.4. The first-order chi connectivity index (χ1) is 15.0. The molecular formula is C24H42N4O3. The predicted octanol–water partition coefficient (Wildman–Crippen LogP) is 2.81. The van der Waals surface area contributed by atoms with E-state index in [4.69, 9.17) is 9.47 Å². The zero-order chi connectivity index (χ0) is 22.5. The Kier molecular flexibility index (Phi) is 11.7. The largest absolute Gasteiger partial charge is 0.497 e. The van der Waals surface area contributed by atoms with Gasteiger partial charge in [-0.25, -0.2) is 0 Å². The molecule has 0 aliphatic carbocycles. The van der Waals surface area contributed by atoms with E-state index in [9.17, 15) is 5.11 Å². The molecule has 0 amide bonds. The number of guanidine groups is 1. The van der Waals surface area contributed by atoms with Crippen molar-refractivity contribution in [1.29, 1.82) is 0 Å². The number of nitrogens with zero attached hydrogens (tertiary/aromatic N) is 2. The van der Waals surface area contributed by atoms with Crippen LogP contribution in [0.15, 0.2) is 29.3 Å². The van der Waals surface area contributed by atoms with Crippen LogP contribution in [0.5, 0.6) is 5.75 Å². The molecule has 1 aromatic carbocycles. The lowest BCUT2D eigenvalue weighted by atomic mass is 10.0. The number of rotatable bonds is 12. The van der Waals surface area contributed by atoms with Crippen LogP contribution in [0.2, 0.25) is 0 Å². The van der Waals surface area contributed by atoms with E-state index >= 15 is 0 Å². The van der Waals surface area contributed by atoms with Crippen molar-refractivity contribution in [1.82, 2.24) is 15.5 Å². The molecule has 1 saturated heterocycles. The molecule has 7 heteroatoms. The van der Waals surface area contributed by atoms with Crippen molar-refractivity contribution in [2.45, 2.75) is 52.2 Å². The second-order valence-electron chi connectivity index (χ2n) is 8.57. The van der Waals surface area contributed by atoms with E-state index in [1.807, 2.05) is 19.1 Å². The standard InChI is InChI=1S/C24H42N4O3/c1-5-25-24(26-15-21(29)18-31-17-19(2)3)27-16-23(28-13-7-6-8-14-28)20-9-11-22(30-4)12-10-20/h9-12,19,21,23,29H,5-8,13-18H2,1-4H3,(H2,25,26,27). The SMILES string of the molecule is CCNC(=NCC(O)COCC(C)C)NCC(c1ccc(OC)cc1)N1CCCCC1. The van der Waals surface area contributed by atoms with Crippen molar-refractivity contribution in [3.8, 4) is 5.75 Å². The highest BCUT2D eigenvalue weighted by molar-refractivity contribution is 5.79. The predicted molar refractivity (Wildman–Crippen MR) is 127 cm³/mol. The number of piperidine rings is 1. The third-order valence-corrected chi connectivity index (χ3v) is 5.36. The van der Waals surface area contributed by atoms with Crippen LogP contribution in [0, 0.1) is 5.92 Å². The number of likely N-dealkylation sites (tertiary alicyclic amines) is 1. The Labute approximate surface area is 188 Å². The molecule has 1 aliphatic rings. The van der Waals surface area contributed by atoms with Gasteiger partial charge in [-0.15, -0.1) is 0 Å². The van der Waals surface area contributed by atoms with E-state index in [0.29, 0.717) is 25.7 Å². The van der Waals surface area contributed by atoms with Gasteiger partial charge in [0.15, 0.2) is 5.96 Å². The first-order valence-electron chi connectivity index (χ1n) is 11.7. The van der Waals surface area contributed by atoms with Gasteiger partial charge < -0.3 is 25.2 Å². The van der Waals surface area contributed by atoms with E-state index in [1.165, 1.54) is 24.8 Å². The number of aliphatic hydroxyl groups excluding tert-OH is 1. The molecule has 176 valence electrons. The van der Waals surface area contributed by atoms with Gasteiger partial charge in [0.25, 0.3) is 0 Å². The Morgan fingerprint density at radius 2 is 1.81 bits per heavy atom. The second kappa shape index (κ2) is 14.3.